The van der Waals surface area contributed by atoms with E-state index in [0.717, 1.165) is 24.0 Å². The summed E-state index contributed by atoms with van der Waals surface area (Å²) in [6.07, 6.45) is 4.62. The number of oxazole rings is 1. The summed E-state index contributed by atoms with van der Waals surface area (Å²) in [5, 5.41) is 2.84. The van der Waals surface area contributed by atoms with Gasteiger partial charge in [-0.3, -0.25) is 4.79 Å². The second-order valence-electron chi connectivity index (χ2n) is 4.98. The lowest BCUT2D eigenvalue weighted by atomic mass is 10.1. The van der Waals surface area contributed by atoms with Crippen LogP contribution in [0.25, 0.3) is 11.5 Å². The molecule has 3 rings (SSSR count). The summed E-state index contributed by atoms with van der Waals surface area (Å²) >= 11 is 0. The van der Waals surface area contributed by atoms with Gasteiger partial charge in [0.05, 0.1) is 11.7 Å². The molecule has 0 radical (unpaired) electrons. The van der Waals surface area contributed by atoms with Gasteiger partial charge in [-0.05, 0) is 37.5 Å². The van der Waals surface area contributed by atoms with Crippen LogP contribution in [0, 0.1) is 6.92 Å². The number of hydrogen-bond acceptors (Lipinski definition) is 4. The average Bonchev–Trinajstić information content (AvgIpc) is 2.93. The lowest BCUT2D eigenvalue weighted by Gasteiger charge is -2.11. The summed E-state index contributed by atoms with van der Waals surface area (Å²) in [6.45, 7) is 1.97. The summed E-state index contributed by atoms with van der Waals surface area (Å²) in [6, 6.07) is 5.63. The maximum Gasteiger partial charge on any atom is 0.244 e. The van der Waals surface area contributed by atoms with E-state index >= 15 is 0 Å². The second kappa shape index (κ2) is 4.20. The normalized spacial score (nSPS) is 16.1. The van der Waals surface area contributed by atoms with Gasteiger partial charge >= 0.3 is 0 Å². The molecule has 0 atom stereocenters. The van der Waals surface area contributed by atoms with E-state index in [1.165, 1.54) is 6.26 Å². The third-order valence-electron chi connectivity index (χ3n) is 3.40. The molecule has 1 aromatic heterocycles. The van der Waals surface area contributed by atoms with Gasteiger partial charge in [-0.2, -0.15) is 0 Å². The van der Waals surface area contributed by atoms with Gasteiger partial charge in [0.1, 0.15) is 6.26 Å². The molecule has 1 aromatic carbocycles. The van der Waals surface area contributed by atoms with Crippen molar-refractivity contribution < 1.29 is 9.21 Å². The van der Waals surface area contributed by atoms with Crippen molar-refractivity contribution in [2.24, 2.45) is 5.73 Å². The maximum atomic E-state index is 11.9. The smallest absolute Gasteiger partial charge is 0.244 e. The number of nitrogens with zero attached hydrogens (tertiary/aromatic N) is 1. The predicted molar refractivity (Wildman–Crippen MR) is 71.5 cm³/mol. The van der Waals surface area contributed by atoms with E-state index in [1.54, 1.807) is 6.20 Å². The van der Waals surface area contributed by atoms with Crippen LogP contribution in [0.5, 0.6) is 0 Å². The Hall–Kier alpha value is -2.14. The van der Waals surface area contributed by atoms with Gasteiger partial charge in [0, 0.05) is 11.3 Å². The van der Waals surface area contributed by atoms with Crippen molar-refractivity contribution in [1.82, 2.24) is 4.98 Å². The van der Waals surface area contributed by atoms with E-state index in [0.29, 0.717) is 11.6 Å². The maximum absolute atomic E-state index is 11.9. The number of rotatable bonds is 3. The zero-order valence-electron chi connectivity index (χ0n) is 10.6. The number of amides is 1. The first-order chi connectivity index (χ1) is 9.08. The van der Waals surface area contributed by atoms with E-state index in [4.69, 9.17) is 10.2 Å². The molecule has 0 aliphatic heterocycles. The van der Waals surface area contributed by atoms with Crippen molar-refractivity contribution in [3.05, 3.63) is 36.2 Å². The van der Waals surface area contributed by atoms with Gasteiger partial charge < -0.3 is 15.5 Å². The van der Waals surface area contributed by atoms with Crippen molar-refractivity contribution in [3.8, 4) is 11.5 Å². The zero-order valence-corrected chi connectivity index (χ0v) is 10.6. The van der Waals surface area contributed by atoms with Crippen molar-refractivity contribution in [2.45, 2.75) is 25.3 Å². The van der Waals surface area contributed by atoms with Crippen LogP contribution in [0.4, 0.5) is 5.69 Å². The first-order valence-corrected chi connectivity index (χ1v) is 6.19. The molecule has 1 saturated carbocycles. The molecule has 1 fully saturated rings. The van der Waals surface area contributed by atoms with Crippen LogP contribution in [0.3, 0.4) is 0 Å². The summed E-state index contributed by atoms with van der Waals surface area (Å²) in [5.74, 6) is 0.414. The molecule has 5 nitrogen and oxygen atoms in total. The van der Waals surface area contributed by atoms with Crippen molar-refractivity contribution in [2.75, 3.05) is 5.32 Å². The predicted octanol–water partition coefficient (Wildman–Crippen LogP) is 2.08. The van der Waals surface area contributed by atoms with Crippen molar-refractivity contribution in [1.29, 1.82) is 0 Å². The fourth-order valence-electron chi connectivity index (χ4n) is 1.90. The summed E-state index contributed by atoms with van der Waals surface area (Å²) in [4.78, 5) is 16.0. The molecule has 3 N–H and O–H groups in total. The van der Waals surface area contributed by atoms with E-state index < -0.39 is 5.54 Å². The number of hydrogen-bond donors (Lipinski definition) is 2. The molecular weight excluding hydrogens is 242 g/mol. The molecule has 1 aliphatic rings. The fourth-order valence-corrected chi connectivity index (χ4v) is 1.90. The Bertz CT molecular complexity index is 616. The molecule has 0 bridgehead atoms. The van der Waals surface area contributed by atoms with Crippen molar-refractivity contribution in [3.63, 3.8) is 0 Å². The number of aromatic nitrogens is 1. The van der Waals surface area contributed by atoms with Crippen molar-refractivity contribution >= 4 is 11.6 Å². The van der Waals surface area contributed by atoms with E-state index in [9.17, 15) is 4.79 Å². The Labute approximate surface area is 110 Å². The Balaban J connectivity index is 1.87. The molecule has 5 heteroatoms. The monoisotopic (exact) mass is 257 g/mol. The fraction of sp³-hybridized carbons (Fsp3) is 0.286. The Morgan fingerprint density at radius 3 is 2.89 bits per heavy atom. The summed E-state index contributed by atoms with van der Waals surface area (Å²) in [5.41, 5.74) is 7.80. The molecule has 0 spiro atoms. The number of nitrogens with two attached hydrogens (primary N) is 1. The quantitative estimate of drug-likeness (QED) is 0.882. The standard InChI is InChI=1S/C14H15N3O2/c1-9-2-3-10(17-13(18)14(15)4-5-14)8-11(9)12-16-6-7-19-12/h2-3,6-8H,4-5,15H2,1H3,(H,17,18). The van der Waals surface area contributed by atoms with Crippen LogP contribution in [0.2, 0.25) is 0 Å². The number of carbonyl (C=O) groups excluding carboxylic acids is 1. The van der Waals surface area contributed by atoms with Gasteiger partial charge in [0.25, 0.3) is 0 Å². The lowest BCUT2D eigenvalue weighted by Crippen LogP contribution is -2.37. The minimum absolute atomic E-state index is 0.130. The van der Waals surface area contributed by atoms with E-state index in [-0.39, 0.29) is 5.91 Å². The highest BCUT2D eigenvalue weighted by atomic mass is 16.3. The Kier molecular flexibility index (Phi) is 2.64. The molecule has 1 heterocycles. The van der Waals surface area contributed by atoms with Crippen LogP contribution in [-0.4, -0.2) is 16.4 Å². The second-order valence-corrected chi connectivity index (χ2v) is 4.98. The molecular formula is C14H15N3O2. The van der Waals surface area contributed by atoms with Crippen LogP contribution in [-0.2, 0) is 4.79 Å². The number of nitrogens with one attached hydrogen (secondary N) is 1. The summed E-state index contributed by atoms with van der Waals surface area (Å²) in [7, 11) is 0. The Morgan fingerprint density at radius 2 is 2.26 bits per heavy atom. The zero-order chi connectivity index (χ0) is 13.5. The van der Waals surface area contributed by atoms with E-state index in [2.05, 4.69) is 10.3 Å². The number of benzene rings is 1. The SMILES string of the molecule is Cc1ccc(NC(=O)C2(N)CC2)cc1-c1ncco1. The highest BCUT2D eigenvalue weighted by Crippen LogP contribution is 2.34. The number of carbonyl (C=O) groups is 1. The highest BCUT2D eigenvalue weighted by Gasteiger charge is 2.45. The lowest BCUT2D eigenvalue weighted by molar-refractivity contribution is -0.118. The number of aryl methyl sites for hydroxylation is 1. The topological polar surface area (TPSA) is 81.2 Å². The first-order valence-electron chi connectivity index (χ1n) is 6.19. The third-order valence-corrected chi connectivity index (χ3v) is 3.40. The molecule has 0 saturated heterocycles. The first kappa shape index (κ1) is 11.9. The minimum atomic E-state index is -0.673. The minimum Gasteiger partial charge on any atom is -0.445 e. The van der Waals surface area contributed by atoms with Gasteiger partial charge in [-0.15, -0.1) is 0 Å². The largest absolute Gasteiger partial charge is 0.445 e. The number of anilines is 1. The molecule has 98 valence electrons. The highest BCUT2D eigenvalue weighted by molar-refractivity contribution is 6.00. The van der Waals surface area contributed by atoms with E-state index in [1.807, 2.05) is 25.1 Å². The van der Waals surface area contributed by atoms with Gasteiger partial charge in [-0.25, -0.2) is 4.98 Å². The van der Waals surface area contributed by atoms with Crippen LogP contribution in [0.1, 0.15) is 18.4 Å². The molecule has 2 aromatic rings. The Morgan fingerprint density at radius 1 is 1.47 bits per heavy atom. The molecule has 1 aliphatic carbocycles. The third kappa shape index (κ3) is 2.24. The van der Waals surface area contributed by atoms with Crippen LogP contribution < -0.4 is 11.1 Å². The summed E-state index contributed by atoms with van der Waals surface area (Å²) < 4.78 is 5.29. The van der Waals surface area contributed by atoms with Gasteiger partial charge in [-0.1, -0.05) is 6.07 Å². The van der Waals surface area contributed by atoms with Crippen LogP contribution >= 0.6 is 0 Å². The van der Waals surface area contributed by atoms with Crippen LogP contribution in [0.15, 0.2) is 35.1 Å². The van der Waals surface area contributed by atoms with Gasteiger partial charge in [0.15, 0.2) is 0 Å². The average molecular weight is 257 g/mol. The molecule has 19 heavy (non-hydrogen) atoms. The molecule has 1 amide bonds. The molecule has 0 unspecified atom stereocenters. The van der Waals surface area contributed by atoms with Gasteiger partial charge in [0.2, 0.25) is 11.8 Å².